The van der Waals surface area contributed by atoms with Crippen molar-refractivity contribution in [2.24, 2.45) is 0 Å². The fourth-order valence-electron chi connectivity index (χ4n) is 2.43. The van der Waals surface area contributed by atoms with Crippen LogP contribution in [0.5, 0.6) is 0 Å². The van der Waals surface area contributed by atoms with Crippen LogP contribution in [0, 0.1) is 5.82 Å². The summed E-state index contributed by atoms with van der Waals surface area (Å²) in [6.07, 6.45) is 2.82. The van der Waals surface area contributed by atoms with E-state index in [2.05, 4.69) is 35.1 Å². The van der Waals surface area contributed by atoms with Gasteiger partial charge in [0.05, 0.1) is 6.10 Å². The molecule has 0 spiro atoms. The van der Waals surface area contributed by atoms with Crippen LogP contribution < -0.4 is 5.32 Å². The lowest BCUT2D eigenvalue weighted by atomic mass is 9.97. The first-order valence-corrected chi connectivity index (χ1v) is 8.20. The van der Waals surface area contributed by atoms with E-state index >= 15 is 0 Å². The van der Waals surface area contributed by atoms with Crippen LogP contribution in [0.1, 0.15) is 39.2 Å². The molecule has 1 N–H and O–H groups in total. The molecule has 0 aromatic heterocycles. The molecular formula is C16H25BrFNO. The Bertz CT molecular complexity index is 394. The normalized spacial score (nSPS) is 14.2. The van der Waals surface area contributed by atoms with Gasteiger partial charge in [-0.2, -0.15) is 0 Å². The highest BCUT2D eigenvalue weighted by atomic mass is 79.9. The minimum absolute atomic E-state index is 0.128. The van der Waals surface area contributed by atoms with Gasteiger partial charge in [-0.3, -0.25) is 0 Å². The van der Waals surface area contributed by atoms with E-state index in [1.165, 1.54) is 6.07 Å². The highest BCUT2D eigenvalue weighted by Gasteiger charge is 2.22. The standard InChI is InChI=1S/C16H25BrFNO/c1-4-7-16(20-6-3)15(19-5-2)11-12-10-13(17)8-9-14(12)18/h8-10,15-16,19H,4-7,11H2,1-3H3. The average Bonchev–Trinajstić information content (AvgIpc) is 2.42. The largest absolute Gasteiger partial charge is 0.377 e. The molecule has 2 unspecified atom stereocenters. The lowest BCUT2D eigenvalue weighted by molar-refractivity contribution is 0.0284. The molecule has 4 heteroatoms. The number of hydrogen-bond acceptors (Lipinski definition) is 2. The molecular weight excluding hydrogens is 321 g/mol. The molecule has 0 fully saturated rings. The first kappa shape index (κ1) is 17.6. The molecule has 0 heterocycles. The van der Waals surface area contributed by atoms with Crippen LogP contribution in [0.25, 0.3) is 0 Å². The fourth-order valence-corrected chi connectivity index (χ4v) is 2.84. The third kappa shape index (κ3) is 5.51. The van der Waals surface area contributed by atoms with Crippen LogP contribution >= 0.6 is 15.9 Å². The van der Waals surface area contributed by atoms with Gasteiger partial charge in [-0.05, 0) is 50.1 Å². The van der Waals surface area contributed by atoms with Crippen LogP contribution in [-0.4, -0.2) is 25.3 Å². The predicted molar refractivity (Wildman–Crippen MR) is 85.6 cm³/mol. The van der Waals surface area contributed by atoms with Crippen LogP contribution in [-0.2, 0) is 11.2 Å². The fraction of sp³-hybridized carbons (Fsp3) is 0.625. The molecule has 0 saturated heterocycles. The van der Waals surface area contributed by atoms with Crippen molar-refractivity contribution in [1.29, 1.82) is 0 Å². The van der Waals surface area contributed by atoms with Crippen molar-refractivity contribution in [1.82, 2.24) is 5.32 Å². The van der Waals surface area contributed by atoms with Crippen LogP contribution in [0.2, 0.25) is 0 Å². The Morgan fingerprint density at radius 3 is 2.65 bits per heavy atom. The van der Waals surface area contributed by atoms with E-state index in [0.29, 0.717) is 13.0 Å². The van der Waals surface area contributed by atoms with Crippen LogP contribution in [0.4, 0.5) is 4.39 Å². The van der Waals surface area contributed by atoms with E-state index in [1.807, 2.05) is 13.0 Å². The number of nitrogens with one attached hydrogen (secondary N) is 1. The first-order chi connectivity index (χ1) is 9.62. The van der Waals surface area contributed by atoms with Crippen molar-refractivity contribution in [3.05, 3.63) is 34.1 Å². The van der Waals surface area contributed by atoms with Crippen molar-refractivity contribution in [2.75, 3.05) is 13.2 Å². The Morgan fingerprint density at radius 1 is 1.30 bits per heavy atom. The molecule has 0 aliphatic heterocycles. The van der Waals surface area contributed by atoms with Gasteiger partial charge in [0.2, 0.25) is 0 Å². The Hall–Kier alpha value is -0.450. The van der Waals surface area contributed by atoms with E-state index < -0.39 is 0 Å². The maximum atomic E-state index is 13.9. The van der Waals surface area contributed by atoms with E-state index in [0.717, 1.165) is 29.4 Å². The summed E-state index contributed by atoms with van der Waals surface area (Å²) in [4.78, 5) is 0. The van der Waals surface area contributed by atoms with E-state index in [4.69, 9.17) is 4.74 Å². The van der Waals surface area contributed by atoms with Gasteiger partial charge in [0.25, 0.3) is 0 Å². The highest BCUT2D eigenvalue weighted by Crippen LogP contribution is 2.19. The quantitative estimate of drug-likeness (QED) is 0.719. The number of benzene rings is 1. The summed E-state index contributed by atoms with van der Waals surface area (Å²) in [5.41, 5.74) is 0.728. The van der Waals surface area contributed by atoms with Gasteiger partial charge < -0.3 is 10.1 Å². The zero-order valence-electron chi connectivity index (χ0n) is 12.6. The molecule has 1 aromatic carbocycles. The summed E-state index contributed by atoms with van der Waals surface area (Å²) in [5, 5.41) is 3.44. The van der Waals surface area contributed by atoms with E-state index in [9.17, 15) is 4.39 Å². The van der Waals surface area contributed by atoms with Gasteiger partial charge in [-0.15, -0.1) is 0 Å². The van der Waals surface area contributed by atoms with Crippen LogP contribution in [0.3, 0.4) is 0 Å². The summed E-state index contributed by atoms with van der Waals surface area (Å²) in [6.45, 7) is 7.76. The summed E-state index contributed by atoms with van der Waals surface area (Å²) in [5.74, 6) is -0.150. The molecule has 1 aromatic rings. The Morgan fingerprint density at radius 2 is 2.05 bits per heavy atom. The summed E-state index contributed by atoms with van der Waals surface area (Å²) >= 11 is 3.41. The second kappa shape index (κ2) is 9.48. The molecule has 0 bridgehead atoms. The number of hydrogen-bond donors (Lipinski definition) is 1. The molecule has 0 aliphatic rings. The predicted octanol–water partition coefficient (Wildman–Crippen LogP) is 4.31. The van der Waals surface area contributed by atoms with Gasteiger partial charge in [-0.1, -0.05) is 36.2 Å². The van der Waals surface area contributed by atoms with Crippen molar-refractivity contribution in [3.8, 4) is 0 Å². The molecule has 2 atom stereocenters. The molecule has 1 rings (SSSR count). The minimum atomic E-state index is -0.150. The third-order valence-corrected chi connectivity index (χ3v) is 3.81. The monoisotopic (exact) mass is 345 g/mol. The van der Waals surface area contributed by atoms with Crippen molar-refractivity contribution in [3.63, 3.8) is 0 Å². The van der Waals surface area contributed by atoms with Crippen LogP contribution in [0.15, 0.2) is 22.7 Å². The molecule has 0 aliphatic carbocycles. The zero-order chi connectivity index (χ0) is 15.0. The lowest BCUT2D eigenvalue weighted by Crippen LogP contribution is -2.43. The maximum absolute atomic E-state index is 13.9. The van der Waals surface area contributed by atoms with Gasteiger partial charge >= 0.3 is 0 Å². The molecule has 0 radical (unpaired) electrons. The topological polar surface area (TPSA) is 21.3 Å². The Labute approximate surface area is 130 Å². The van der Waals surface area contributed by atoms with E-state index in [1.54, 1.807) is 6.07 Å². The summed E-state index contributed by atoms with van der Waals surface area (Å²) in [7, 11) is 0. The Balaban J connectivity index is 2.86. The number of halogens is 2. The zero-order valence-corrected chi connectivity index (χ0v) is 14.2. The molecule has 0 amide bonds. The average molecular weight is 346 g/mol. The maximum Gasteiger partial charge on any atom is 0.126 e. The summed E-state index contributed by atoms with van der Waals surface area (Å²) < 4.78 is 20.7. The Kier molecular flexibility index (Phi) is 8.34. The third-order valence-electron chi connectivity index (χ3n) is 3.32. The van der Waals surface area contributed by atoms with Gasteiger partial charge in [0.15, 0.2) is 0 Å². The van der Waals surface area contributed by atoms with Gasteiger partial charge in [-0.25, -0.2) is 4.39 Å². The number of likely N-dealkylation sites (N-methyl/N-ethyl adjacent to an activating group) is 1. The summed E-state index contributed by atoms with van der Waals surface area (Å²) in [6, 6.07) is 5.24. The molecule has 2 nitrogen and oxygen atoms in total. The molecule has 20 heavy (non-hydrogen) atoms. The number of ether oxygens (including phenoxy) is 1. The highest BCUT2D eigenvalue weighted by molar-refractivity contribution is 9.10. The second-order valence-corrected chi connectivity index (χ2v) is 5.80. The second-order valence-electron chi connectivity index (χ2n) is 4.89. The van der Waals surface area contributed by atoms with Gasteiger partial charge in [0.1, 0.15) is 5.82 Å². The van der Waals surface area contributed by atoms with Crippen molar-refractivity contribution in [2.45, 2.75) is 52.2 Å². The number of rotatable bonds is 9. The van der Waals surface area contributed by atoms with Crippen molar-refractivity contribution < 1.29 is 9.13 Å². The lowest BCUT2D eigenvalue weighted by Gasteiger charge is -2.28. The van der Waals surface area contributed by atoms with Crippen molar-refractivity contribution >= 4 is 15.9 Å². The van der Waals surface area contributed by atoms with E-state index in [-0.39, 0.29) is 18.0 Å². The molecule has 0 saturated carbocycles. The van der Waals surface area contributed by atoms with Gasteiger partial charge in [0, 0.05) is 17.1 Å². The minimum Gasteiger partial charge on any atom is -0.377 e. The SMILES string of the molecule is CCCC(OCC)C(Cc1cc(Br)ccc1F)NCC. The first-order valence-electron chi connectivity index (χ1n) is 7.41. The molecule has 114 valence electrons. The smallest absolute Gasteiger partial charge is 0.126 e.